The van der Waals surface area contributed by atoms with Crippen LogP contribution in [0.3, 0.4) is 0 Å². The molecule has 3 rings (SSSR count). The standard InChI is InChI=1S/C33H43N3O6S/c1-7-25(4)34-33(38)29(8-2)35(21-20-26-12-10-9-11-13-26)32(37)23-36(30-22-27(41-5)16-19-31(30)42-6)43(39,40)28-17-14-24(3)15-18-28/h9-19,22,25,29H,7-8,20-21,23H2,1-6H3,(H,34,38)/t25-,29-/m0/s1. The van der Waals surface area contributed by atoms with E-state index in [1.54, 1.807) is 24.3 Å². The van der Waals surface area contributed by atoms with Crippen molar-refractivity contribution in [2.75, 3.05) is 31.6 Å². The second-order valence-corrected chi connectivity index (χ2v) is 12.3. The van der Waals surface area contributed by atoms with Crippen molar-refractivity contribution in [2.45, 2.75) is 63.9 Å². The first-order valence-corrected chi connectivity index (χ1v) is 15.9. The molecule has 0 saturated heterocycles. The van der Waals surface area contributed by atoms with Crippen LogP contribution in [-0.2, 0) is 26.0 Å². The number of carbonyl (C=O) groups is 2. The first-order chi connectivity index (χ1) is 20.5. The molecule has 0 fully saturated rings. The maximum Gasteiger partial charge on any atom is 0.264 e. The minimum Gasteiger partial charge on any atom is -0.497 e. The van der Waals surface area contributed by atoms with E-state index in [0.717, 1.165) is 21.9 Å². The third-order valence-electron chi connectivity index (χ3n) is 7.41. The Kier molecular flexibility index (Phi) is 12.0. The molecular weight excluding hydrogens is 566 g/mol. The van der Waals surface area contributed by atoms with Crippen LogP contribution in [0.4, 0.5) is 5.69 Å². The molecule has 0 heterocycles. The van der Waals surface area contributed by atoms with E-state index in [-0.39, 0.29) is 34.8 Å². The smallest absolute Gasteiger partial charge is 0.264 e. The van der Waals surface area contributed by atoms with Gasteiger partial charge in [0, 0.05) is 18.7 Å². The molecule has 0 bridgehead atoms. The van der Waals surface area contributed by atoms with Crippen molar-refractivity contribution in [3.05, 3.63) is 83.9 Å². The highest BCUT2D eigenvalue weighted by molar-refractivity contribution is 7.92. The van der Waals surface area contributed by atoms with E-state index in [4.69, 9.17) is 9.47 Å². The molecule has 10 heteroatoms. The minimum atomic E-state index is -4.25. The van der Waals surface area contributed by atoms with Crippen molar-refractivity contribution in [3.8, 4) is 11.5 Å². The van der Waals surface area contributed by atoms with Gasteiger partial charge in [-0.2, -0.15) is 0 Å². The van der Waals surface area contributed by atoms with Gasteiger partial charge in [0.05, 0.1) is 24.8 Å². The summed E-state index contributed by atoms with van der Waals surface area (Å²) in [5.74, 6) is -0.137. The maximum absolute atomic E-state index is 14.3. The van der Waals surface area contributed by atoms with Crippen LogP contribution in [0.15, 0.2) is 77.7 Å². The first-order valence-electron chi connectivity index (χ1n) is 14.5. The monoisotopic (exact) mass is 609 g/mol. The highest BCUT2D eigenvalue weighted by atomic mass is 32.2. The molecule has 0 unspecified atom stereocenters. The fourth-order valence-corrected chi connectivity index (χ4v) is 6.10. The Balaban J connectivity index is 2.10. The largest absolute Gasteiger partial charge is 0.497 e. The second-order valence-electron chi connectivity index (χ2n) is 10.4. The molecule has 1 N–H and O–H groups in total. The highest BCUT2D eigenvalue weighted by Crippen LogP contribution is 2.36. The molecule has 0 aromatic heterocycles. The fourth-order valence-electron chi connectivity index (χ4n) is 4.68. The number of methoxy groups -OCH3 is 2. The number of sulfonamides is 1. The van der Waals surface area contributed by atoms with Crippen LogP contribution in [0.1, 0.15) is 44.7 Å². The molecule has 232 valence electrons. The average Bonchev–Trinajstić information content (AvgIpc) is 3.01. The second kappa shape index (κ2) is 15.4. The quantitative estimate of drug-likeness (QED) is 0.261. The van der Waals surface area contributed by atoms with Gasteiger partial charge >= 0.3 is 0 Å². The zero-order valence-electron chi connectivity index (χ0n) is 25.9. The highest BCUT2D eigenvalue weighted by Gasteiger charge is 2.35. The number of hydrogen-bond acceptors (Lipinski definition) is 6. The van der Waals surface area contributed by atoms with Crippen LogP contribution in [-0.4, -0.2) is 64.5 Å². The van der Waals surface area contributed by atoms with Gasteiger partial charge in [0.25, 0.3) is 10.0 Å². The van der Waals surface area contributed by atoms with Crippen LogP contribution in [0.5, 0.6) is 11.5 Å². The normalized spacial score (nSPS) is 12.6. The molecule has 0 saturated carbocycles. The van der Waals surface area contributed by atoms with Gasteiger partial charge < -0.3 is 19.7 Å². The van der Waals surface area contributed by atoms with E-state index in [1.807, 2.05) is 58.0 Å². The average molecular weight is 610 g/mol. The predicted molar refractivity (Wildman–Crippen MR) is 169 cm³/mol. The van der Waals surface area contributed by atoms with E-state index >= 15 is 0 Å². The number of anilines is 1. The van der Waals surface area contributed by atoms with Gasteiger partial charge in [-0.05, 0) is 62.9 Å². The van der Waals surface area contributed by atoms with Crippen molar-refractivity contribution in [3.63, 3.8) is 0 Å². The van der Waals surface area contributed by atoms with E-state index in [9.17, 15) is 18.0 Å². The number of benzene rings is 3. The first kappa shape index (κ1) is 33.5. The lowest BCUT2D eigenvalue weighted by Crippen LogP contribution is -2.54. The number of carbonyl (C=O) groups excluding carboxylic acids is 2. The van der Waals surface area contributed by atoms with Crippen LogP contribution in [0, 0.1) is 6.92 Å². The van der Waals surface area contributed by atoms with E-state index < -0.39 is 28.5 Å². The number of ether oxygens (including phenoxy) is 2. The summed E-state index contributed by atoms with van der Waals surface area (Å²) in [6.45, 7) is 7.26. The summed E-state index contributed by atoms with van der Waals surface area (Å²) in [5, 5.41) is 2.99. The van der Waals surface area contributed by atoms with E-state index in [0.29, 0.717) is 18.6 Å². The Labute approximate surface area is 255 Å². The SMILES string of the molecule is CC[C@H](C)NC(=O)[C@H](CC)N(CCc1ccccc1)C(=O)CN(c1cc(OC)ccc1OC)S(=O)(=O)c1ccc(C)cc1. The Morgan fingerprint density at radius 2 is 1.58 bits per heavy atom. The lowest BCUT2D eigenvalue weighted by Gasteiger charge is -2.34. The lowest BCUT2D eigenvalue weighted by molar-refractivity contribution is -0.139. The molecule has 0 radical (unpaired) electrons. The Bertz CT molecular complexity index is 1460. The summed E-state index contributed by atoms with van der Waals surface area (Å²) < 4.78 is 40.3. The van der Waals surface area contributed by atoms with Gasteiger partial charge in [0.2, 0.25) is 11.8 Å². The molecule has 0 spiro atoms. The van der Waals surface area contributed by atoms with Crippen LogP contribution in [0.25, 0.3) is 0 Å². The van der Waals surface area contributed by atoms with Gasteiger partial charge in [-0.15, -0.1) is 0 Å². The third kappa shape index (κ3) is 8.50. The molecule has 9 nitrogen and oxygen atoms in total. The number of nitrogens with one attached hydrogen (secondary N) is 1. The Morgan fingerprint density at radius 1 is 0.907 bits per heavy atom. The molecule has 43 heavy (non-hydrogen) atoms. The zero-order chi connectivity index (χ0) is 31.6. The number of aryl methyl sites for hydroxylation is 1. The minimum absolute atomic E-state index is 0.0214. The van der Waals surface area contributed by atoms with Gasteiger partial charge in [-0.1, -0.05) is 61.9 Å². The summed E-state index contributed by atoms with van der Waals surface area (Å²) >= 11 is 0. The zero-order valence-corrected chi connectivity index (χ0v) is 26.7. The van der Waals surface area contributed by atoms with Gasteiger partial charge in [0.1, 0.15) is 24.1 Å². The van der Waals surface area contributed by atoms with Crippen molar-refractivity contribution in [1.29, 1.82) is 0 Å². The van der Waals surface area contributed by atoms with Gasteiger partial charge in [-0.25, -0.2) is 8.42 Å². The molecule has 0 aliphatic rings. The van der Waals surface area contributed by atoms with Gasteiger partial charge in [-0.3, -0.25) is 13.9 Å². The van der Waals surface area contributed by atoms with E-state index in [1.165, 1.54) is 37.3 Å². The summed E-state index contributed by atoms with van der Waals surface area (Å²) in [6, 6.07) is 20.0. The van der Waals surface area contributed by atoms with Crippen molar-refractivity contribution >= 4 is 27.5 Å². The van der Waals surface area contributed by atoms with E-state index in [2.05, 4.69) is 5.32 Å². The maximum atomic E-state index is 14.3. The molecule has 0 aliphatic heterocycles. The molecule has 2 amide bonds. The topological polar surface area (TPSA) is 105 Å². The van der Waals surface area contributed by atoms with Gasteiger partial charge in [0.15, 0.2) is 0 Å². The number of amides is 2. The molecule has 3 aromatic rings. The summed E-state index contributed by atoms with van der Waals surface area (Å²) in [7, 11) is -1.34. The van der Waals surface area contributed by atoms with Crippen LogP contribution in [0.2, 0.25) is 0 Å². The molecule has 0 aliphatic carbocycles. The summed E-state index contributed by atoms with van der Waals surface area (Å²) in [6.07, 6.45) is 1.58. The third-order valence-corrected chi connectivity index (χ3v) is 9.19. The number of rotatable bonds is 15. The molecular formula is C33H43N3O6S. The van der Waals surface area contributed by atoms with Crippen molar-refractivity contribution < 1.29 is 27.5 Å². The van der Waals surface area contributed by atoms with Crippen molar-refractivity contribution in [1.82, 2.24) is 10.2 Å². The summed E-state index contributed by atoms with van der Waals surface area (Å²) in [5.41, 5.74) is 2.04. The Hall–Kier alpha value is -4.05. The lowest BCUT2D eigenvalue weighted by atomic mass is 10.1. The number of nitrogens with zero attached hydrogens (tertiary/aromatic N) is 2. The molecule has 2 atom stereocenters. The van der Waals surface area contributed by atoms with Crippen molar-refractivity contribution in [2.24, 2.45) is 0 Å². The Morgan fingerprint density at radius 3 is 2.16 bits per heavy atom. The fraction of sp³-hybridized carbons (Fsp3) is 0.394. The van der Waals surface area contributed by atoms with Crippen LogP contribution >= 0.6 is 0 Å². The van der Waals surface area contributed by atoms with Crippen LogP contribution < -0.4 is 19.1 Å². The predicted octanol–water partition coefficient (Wildman–Crippen LogP) is 4.97. The number of hydrogen-bond donors (Lipinski definition) is 1. The molecule has 3 aromatic carbocycles. The summed E-state index contributed by atoms with van der Waals surface area (Å²) in [4.78, 5) is 29.2.